The summed E-state index contributed by atoms with van der Waals surface area (Å²) in [7, 11) is 1.58. The summed E-state index contributed by atoms with van der Waals surface area (Å²) in [4.78, 5) is 22.6. The Morgan fingerprint density at radius 2 is 2.07 bits per heavy atom. The molecule has 0 aliphatic heterocycles. The van der Waals surface area contributed by atoms with Gasteiger partial charge in [0.1, 0.15) is 21.3 Å². The Hall–Kier alpha value is -3.19. The molecular formula is C21H20N4O2S. The number of amides is 1. The Balaban J connectivity index is 1.71. The molecule has 0 fully saturated rings. The first-order valence-electron chi connectivity index (χ1n) is 8.98. The van der Waals surface area contributed by atoms with Gasteiger partial charge in [0.05, 0.1) is 18.5 Å². The molecule has 4 aromatic rings. The summed E-state index contributed by atoms with van der Waals surface area (Å²) in [5.41, 5.74) is 3.26. The first-order chi connectivity index (χ1) is 13.6. The van der Waals surface area contributed by atoms with Crippen LogP contribution in [0.3, 0.4) is 0 Å². The fraction of sp³-hybridized carbons (Fsp3) is 0.190. The lowest BCUT2D eigenvalue weighted by atomic mass is 10.2. The molecule has 0 atom stereocenters. The number of ether oxygens (including phenoxy) is 1. The third-order valence-corrected chi connectivity index (χ3v) is 5.75. The van der Waals surface area contributed by atoms with Crippen LogP contribution in [-0.2, 0) is 6.54 Å². The molecule has 7 heteroatoms. The van der Waals surface area contributed by atoms with Crippen LogP contribution in [0.15, 0.2) is 48.8 Å². The fourth-order valence-corrected chi connectivity index (χ4v) is 4.17. The number of hydrogen-bond acceptors (Lipinski definition) is 5. The van der Waals surface area contributed by atoms with Gasteiger partial charge in [-0.25, -0.2) is 9.97 Å². The van der Waals surface area contributed by atoms with E-state index in [1.807, 2.05) is 43.3 Å². The average Bonchev–Trinajstić information content (AvgIpc) is 3.28. The molecule has 0 spiro atoms. The molecule has 0 aliphatic carbocycles. The van der Waals surface area contributed by atoms with Gasteiger partial charge in [0.2, 0.25) is 0 Å². The number of anilines is 1. The van der Waals surface area contributed by atoms with E-state index in [1.165, 1.54) is 11.3 Å². The Morgan fingerprint density at radius 1 is 1.25 bits per heavy atom. The molecule has 1 amide bonds. The molecule has 0 aliphatic rings. The molecule has 0 saturated carbocycles. The monoisotopic (exact) mass is 392 g/mol. The van der Waals surface area contributed by atoms with Crippen LogP contribution in [-0.4, -0.2) is 27.6 Å². The summed E-state index contributed by atoms with van der Waals surface area (Å²) in [6.45, 7) is 4.75. The van der Waals surface area contributed by atoms with Crippen molar-refractivity contribution in [2.45, 2.75) is 20.4 Å². The molecule has 3 aromatic heterocycles. The Bertz CT molecular complexity index is 1160. The zero-order chi connectivity index (χ0) is 19.7. The topological polar surface area (TPSA) is 69.0 Å². The van der Waals surface area contributed by atoms with Gasteiger partial charge in [-0.05, 0) is 38.1 Å². The van der Waals surface area contributed by atoms with Gasteiger partial charge in [0.15, 0.2) is 0 Å². The third kappa shape index (κ3) is 3.14. The van der Waals surface area contributed by atoms with Crippen LogP contribution in [0.1, 0.15) is 22.3 Å². The number of benzene rings is 1. The van der Waals surface area contributed by atoms with E-state index < -0.39 is 0 Å². The molecule has 0 radical (unpaired) electrons. The highest BCUT2D eigenvalue weighted by atomic mass is 32.1. The number of methoxy groups -OCH3 is 1. The Kier molecular flexibility index (Phi) is 4.83. The number of aryl methyl sites for hydroxylation is 2. The zero-order valence-corrected chi connectivity index (χ0v) is 16.7. The van der Waals surface area contributed by atoms with E-state index >= 15 is 0 Å². The van der Waals surface area contributed by atoms with Crippen molar-refractivity contribution in [3.63, 3.8) is 0 Å². The summed E-state index contributed by atoms with van der Waals surface area (Å²) in [5, 5.41) is 4.78. The fourth-order valence-electron chi connectivity index (χ4n) is 3.18. The van der Waals surface area contributed by atoms with Gasteiger partial charge in [0, 0.05) is 29.9 Å². The maximum atomic E-state index is 12.9. The van der Waals surface area contributed by atoms with Crippen molar-refractivity contribution in [3.05, 3.63) is 59.4 Å². The second-order valence-electron chi connectivity index (χ2n) is 6.29. The number of nitrogens with one attached hydrogen (secondary N) is 1. The van der Waals surface area contributed by atoms with Gasteiger partial charge >= 0.3 is 0 Å². The molecule has 4 rings (SSSR count). The normalized spacial score (nSPS) is 11.0. The summed E-state index contributed by atoms with van der Waals surface area (Å²) >= 11 is 1.39. The van der Waals surface area contributed by atoms with Crippen molar-refractivity contribution in [3.8, 4) is 16.3 Å². The molecule has 1 aromatic carbocycles. The van der Waals surface area contributed by atoms with Gasteiger partial charge in [0.25, 0.3) is 5.91 Å². The van der Waals surface area contributed by atoms with Gasteiger partial charge in [-0.1, -0.05) is 12.1 Å². The minimum Gasteiger partial charge on any atom is -0.495 e. The number of aromatic nitrogens is 3. The second kappa shape index (κ2) is 7.44. The van der Waals surface area contributed by atoms with Crippen molar-refractivity contribution >= 4 is 34.0 Å². The Labute approximate surface area is 166 Å². The van der Waals surface area contributed by atoms with Gasteiger partial charge in [-0.2, -0.15) is 0 Å². The zero-order valence-electron chi connectivity index (χ0n) is 15.9. The van der Waals surface area contributed by atoms with E-state index in [9.17, 15) is 4.79 Å². The van der Waals surface area contributed by atoms with E-state index in [2.05, 4.69) is 33.0 Å². The van der Waals surface area contributed by atoms with Crippen LogP contribution < -0.4 is 10.1 Å². The van der Waals surface area contributed by atoms with Crippen LogP contribution >= 0.6 is 11.3 Å². The summed E-state index contributed by atoms with van der Waals surface area (Å²) in [6.07, 6.45) is 3.84. The number of fused-ring (bicyclic) bond motifs is 1. The molecule has 3 heterocycles. The second-order valence-corrected chi connectivity index (χ2v) is 7.29. The highest BCUT2D eigenvalue weighted by molar-refractivity contribution is 7.17. The summed E-state index contributed by atoms with van der Waals surface area (Å²) in [5.74, 6) is 0.429. The quantitative estimate of drug-likeness (QED) is 0.532. The standard InChI is InChI=1S/C21H20N4O2S/c1-4-25-12-15(14-8-7-11-22-19(14)25)21-23-13(2)18(28-21)20(26)24-16-9-5-6-10-17(16)27-3/h5-12H,4H2,1-3H3,(H,24,26). The van der Waals surface area contributed by atoms with Crippen molar-refractivity contribution < 1.29 is 9.53 Å². The van der Waals surface area contributed by atoms with Crippen LogP contribution in [0.5, 0.6) is 5.75 Å². The third-order valence-electron chi connectivity index (χ3n) is 4.56. The molecule has 0 bridgehead atoms. The first-order valence-corrected chi connectivity index (χ1v) is 9.80. The van der Waals surface area contributed by atoms with Gasteiger partial charge in [-0.15, -0.1) is 11.3 Å². The number of para-hydroxylation sites is 2. The number of thiazole rings is 1. The largest absolute Gasteiger partial charge is 0.495 e. The minimum absolute atomic E-state index is 0.192. The lowest BCUT2D eigenvalue weighted by molar-refractivity contribution is 0.102. The SMILES string of the molecule is CCn1cc(-c2nc(C)c(C(=O)Nc3ccccc3OC)s2)c2cccnc21. The van der Waals surface area contributed by atoms with Crippen molar-refractivity contribution in [2.75, 3.05) is 12.4 Å². The maximum Gasteiger partial charge on any atom is 0.267 e. The van der Waals surface area contributed by atoms with E-state index in [0.29, 0.717) is 22.0 Å². The van der Waals surface area contributed by atoms with Crippen molar-refractivity contribution in [2.24, 2.45) is 0 Å². The molecule has 142 valence electrons. The number of carbonyl (C=O) groups is 1. The smallest absolute Gasteiger partial charge is 0.267 e. The maximum absolute atomic E-state index is 12.9. The summed E-state index contributed by atoms with van der Waals surface area (Å²) < 4.78 is 7.41. The number of pyridine rings is 1. The lowest BCUT2D eigenvalue weighted by Crippen LogP contribution is -2.12. The molecule has 1 N–H and O–H groups in total. The molecule has 0 saturated heterocycles. The number of nitrogens with zero attached hydrogens (tertiary/aromatic N) is 3. The average molecular weight is 392 g/mol. The molecule has 6 nitrogen and oxygen atoms in total. The van der Waals surface area contributed by atoms with E-state index in [0.717, 1.165) is 28.1 Å². The predicted molar refractivity (Wildman–Crippen MR) is 112 cm³/mol. The van der Waals surface area contributed by atoms with Crippen LogP contribution in [0.2, 0.25) is 0 Å². The van der Waals surface area contributed by atoms with Gasteiger partial charge in [-0.3, -0.25) is 4.79 Å². The molecule has 28 heavy (non-hydrogen) atoms. The Morgan fingerprint density at radius 3 is 2.86 bits per heavy atom. The highest BCUT2D eigenvalue weighted by Crippen LogP contribution is 2.34. The predicted octanol–water partition coefficient (Wildman–Crippen LogP) is 4.75. The van der Waals surface area contributed by atoms with Crippen LogP contribution in [0.4, 0.5) is 5.69 Å². The number of carbonyl (C=O) groups excluding carboxylic acids is 1. The van der Waals surface area contributed by atoms with E-state index in [1.54, 1.807) is 13.3 Å². The van der Waals surface area contributed by atoms with Crippen molar-refractivity contribution in [1.29, 1.82) is 0 Å². The van der Waals surface area contributed by atoms with Crippen LogP contribution in [0, 0.1) is 6.92 Å². The highest BCUT2D eigenvalue weighted by Gasteiger charge is 2.20. The number of rotatable bonds is 5. The lowest BCUT2D eigenvalue weighted by Gasteiger charge is -2.08. The molecule has 0 unspecified atom stereocenters. The van der Waals surface area contributed by atoms with E-state index in [-0.39, 0.29) is 5.91 Å². The summed E-state index contributed by atoms with van der Waals surface area (Å²) in [6, 6.07) is 11.3. The van der Waals surface area contributed by atoms with Crippen molar-refractivity contribution in [1.82, 2.24) is 14.5 Å². The van der Waals surface area contributed by atoms with E-state index in [4.69, 9.17) is 4.74 Å². The van der Waals surface area contributed by atoms with Crippen LogP contribution in [0.25, 0.3) is 21.6 Å². The minimum atomic E-state index is -0.192. The first kappa shape index (κ1) is 18.2. The molecular weight excluding hydrogens is 372 g/mol. The van der Waals surface area contributed by atoms with Gasteiger partial charge < -0.3 is 14.6 Å². The number of hydrogen-bond donors (Lipinski definition) is 1.